The van der Waals surface area contributed by atoms with Crippen molar-refractivity contribution in [1.29, 1.82) is 0 Å². The Morgan fingerprint density at radius 1 is 1.54 bits per heavy atom. The average Bonchev–Trinajstić information content (AvgIpc) is 2.51. The molecule has 0 saturated heterocycles. The Balaban J connectivity index is 2.61. The molecule has 4 N–H and O–H groups in total. The van der Waals surface area contributed by atoms with E-state index in [1.54, 1.807) is 11.3 Å². The van der Waals surface area contributed by atoms with Gasteiger partial charge in [0.05, 0.1) is 3.79 Å². The summed E-state index contributed by atoms with van der Waals surface area (Å²) in [4.78, 5) is 1.23. The molecular formula is C9H15BrN2S. The molecule has 2 nitrogen and oxygen atoms in total. The number of nitrogens with two attached hydrogens (primary N) is 2. The molecule has 0 aliphatic carbocycles. The molecule has 4 heteroatoms. The van der Waals surface area contributed by atoms with Gasteiger partial charge >= 0.3 is 0 Å². The van der Waals surface area contributed by atoms with E-state index in [2.05, 4.69) is 28.9 Å². The van der Waals surface area contributed by atoms with Gasteiger partial charge in [0.2, 0.25) is 0 Å². The minimum absolute atomic E-state index is 0.125. The lowest BCUT2D eigenvalue weighted by Crippen LogP contribution is -2.20. The monoisotopic (exact) mass is 262 g/mol. The van der Waals surface area contributed by atoms with Crippen LogP contribution >= 0.6 is 27.3 Å². The van der Waals surface area contributed by atoms with Crippen LogP contribution in [-0.2, 0) is 0 Å². The molecule has 0 saturated carbocycles. The summed E-state index contributed by atoms with van der Waals surface area (Å²) < 4.78 is 1.14. The first-order valence-corrected chi connectivity index (χ1v) is 5.97. The maximum Gasteiger partial charge on any atom is 0.0701 e. The molecule has 74 valence electrons. The third kappa shape index (κ3) is 3.06. The van der Waals surface area contributed by atoms with Crippen LogP contribution in [0.15, 0.2) is 15.9 Å². The molecule has 13 heavy (non-hydrogen) atoms. The second kappa shape index (κ2) is 5.10. The van der Waals surface area contributed by atoms with Gasteiger partial charge in [-0.2, -0.15) is 0 Å². The highest BCUT2D eigenvalue weighted by molar-refractivity contribution is 9.11. The molecular weight excluding hydrogens is 248 g/mol. The lowest BCUT2D eigenvalue weighted by atomic mass is 9.98. The van der Waals surface area contributed by atoms with Gasteiger partial charge in [0.25, 0.3) is 0 Å². The van der Waals surface area contributed by atoms with E-state index in [1.165, 1.54) is 4.88 Å². The van der Waals surface area contributed by atoms with Crippen molar-refractivity contribution in [2.75, 3.05) is 6.54 Å². The Kier molecular flexibility index (Phi) is 4.38. The topological polar surface area (TPSA) is 52.0 Å². The first kappa shape index (κ1) is 11.2. The van der Waals surface area contributed by atoms with Crippen LogP contribution in [-0.4, -0.2) is 6.54 Å². The molecule has 0 amide bonds. The molecule has 0 aliphatic rings. The molecule has 0 spiro atoms. The lowest BCUT2D eigenvalue weighted by Gasteiger charge is -2.17. The Bertz CT molecular complexity index is 262. The SMILES string of the molecule is CC(CCN)C(N)c1ccc(Br)s1. The van der Waals surface area contributed by atoms with Crippen LogP contribution in [0, 0.1) is 5.92 Å². The second-order valence-corrected chi connectivity index (χ2v) is 5.72. The van der Waals surface area contributed by atoms with Gasteiger partial charge < -0.3 is 11.5 Å². The third-order valence-electron chi connectivity index (χ3n) is 2.16. The quantitative estimate of drug-likeness (QED) is 0.876. The number of halogens is 1. The molecule has 0 aromatic carbocycles. The van der Waals surface area contributed by atoms with E-state index in [1.807, 2.05) is 6.07 Å². The van der Waals surface area contributed by atoms with Gasteiger partial charge in [0, 0.05) is 10.9 Å². The van der Waals surface area contributed by atoms with E-state index >= 15 is 0 Å². The maximum atomic E-state index is 6.07. The fraction of sp³-hybridized carbons (Fsp3) is 0.556. The van der Waals surface area contributed by atoms with Gasteiger partial charge in [-0.3, -0.25) is 0 Å². The highest BCUT2D eigenvalue weighted by atomic mass is 79.9. The number of thiophene rings is 1. The van der Waals surface area contributed by atoms with E-state index in [-0.39, 0.29) is 6.04 Å². The van der Waals surface area contributed by atoms with Crippen molar-refractivity contribution < 1.29 is 0 Å². The summed E-state index contributed by atoms with van der Waals surface area (Å²) in [7, 11) is 0. The van der Waals surface area contributed by atoms with E-state index in [4.69, 9.17) is 11.5 Å². The lowest BCUT2D eigenvalue weighted by molar-refractivity contribution is 0.449. The highest BCUT2D eigenvalue weighted by Crippen LogP contribution is 2.30. The van der Waals surface area contributed by atoms with Crippen molar-refractivity contribution in [1.82, 2.24) is 0 Å². The van der Waals surface area contributed by atoms with Gasteiger partial charge in [-0.15, -0.1) is 11.3 Å². The molecule has 1 aromatic heterocycles. The van der Waals surface area contributed by atoms with Gasteiger partial charge in [0.1, 0.15) is 0 Å². The van der Waals surface area contributed by atoms with Gasteiger partial charge in [-0.25, -0.2) is 0 Å². The van der Waals surface area contributed by atoms with Gasteiger partial charge in [0.15, 0.2) is 0 Å². The molecule has 1 aromatic rings. The van der Waals surface area contributed by atoms with Crippen LogP contribution in [0.1, 0.15) is 24.3 Å². The first-order chi connectivity index (χ1) is 6.15. The van der Waals surface area contributed by atoms with E-state index in [9.17, 15) is 0 Å². The zero-order valence-corrected chi connectivity index (χ0v) is 10.1. The average molecular weight is 263 g/mol. The Morgan fingerprint density at radius 3 is 2.69 bits per heavy atom. The number of hydrogen-bond acceptors (Lipinski definition) is 3. The van der Waals surface area contributed by atoms with E-state index in [0.29, 0.717) is 12.5 Å². The molecule has 0 radical (unpaired) electrons. The highest BCUT2D eigenvalue weighted by Gasteiger charge is 2.15. The van der Waals surface area contributed by atoms with Crippen LogP contribution in [0.3, 0.4) is 0 Å². The van der Waals surface area contributed by atoms with Gasteiger partial charge in [-0.05, 0) is 46.9 Å². The Labute approximate surface area is 91.4 Å². The fourth-order valence-electron chi connectivity index (χ4n) is 1.23. The van der Waals surface area contributed by atoms with Crippen LogP contribution in [0.4, 0.5) is 0 Å². The Hall–Kier alpha value is 0.1000. The fourth-order valence-corrected chi connectivity index (χ4v) is 2.79. The molecule has 0 aliphatic heterocycles. The predicted molar refractivity (Wildman–Crippen MR) is 61.8 cm³/mol. The molecule has 0 fully saturated rings. The van der Waals surface area contributed by atoms with Crippen molar-refractivity contribution in [2.45, 2.75) is 19.4 Å². The van der Waals surface area contributed by atoms with Crippen molar-refractivity contribution >= 4 is 27.3 Å². The van der Waals surface area contributed by atoms with Gasteiger partial charge in [-0.1, -0.05) is 6.92 Å². The standard InChI is InChI=1S/C9H15BrN2S/c1-6(4-5-11)9(12)7-2-3-8(10)13-7/h2-3,6,9H,4-5,11-12H2,1H3. The number of rotatable bonds is 4. The Morgan fingerprint density at radius 2 is 2.23 bits per heavy atom. The number of hydrogen-bond donors (Lipinski definition) is 2. The zero-order chi connectivity index (χ0) is 9.84. The second-order valence-electron chi connectivity index (χ2n) is 3.22. The maximum absolute atomic E-state index is 6.07. The molecule has 0 bridgehead atoms. The summed E-state index contributed by atoms with van der Waals surface area (Å²) in [6, 6.07) is 4.24. The van der Waals surface area contributed by atoms with Crippen LogP contribution < -0.4 is 11.5 Å². The van der Waals surface area contributed by atoms with Crippen molar-refractivity contribution in [3.05, 3.63) is 20.8 Å². The summed E-state index contributed by atoms with van der Waals surface area (Å²) in [6.45, 7) is 2.85. The summed E-state index contributed by atoms with van der Waals surface area (Å²) in [5.74, 6) is 0.454. The van der Waals surface area contributed by atoms with Crippen molar-refractivity contribution in [3.8, 4) is 0 Å². The summed E-state index contributed by atoms with van der Waals surface area (Å²) in [5.41, 5.74) is 11.6. The molecule has 2 atom stereocenters. The zero-order valence-electron chi connectivity index (χ0n) is 7.66. The predicted octanol–water partition coefficient (Wildman–Crippen LogP) is 2.50. The summed E-state index contributed by atoms with van der Waals surface area (Å²) in [6.07, 6.45) is 0.983. The van der Waals surface area contributed by atoms with E-state index < -0.39 is 0 Å². The summed E-state index contributed by atoms with van der Waals surface area (Å²) in [5, 5.41) is 0. The molecule has 1 heterocycles. The summed E-state index contributed by atoms with van der Waals surface area (Å²) >= 11 is 5.13. The minimum Gasteiger partial charge on any atom is -0.330 e. The van der Waals surface area contributed by atoms with Crippen molar-refractivity contribution in [2.24, 2.45) is 17.4 Å². The first-order valence-electron chi connectivity index (χ1n) is 4.36. The smallest absolute Gasteiger partial charge is 0.0701 e. The van der Waals surface area contributed by atoms with Crippen molar-refractivity contribution in [3.63, 3.8) is 0 Å². The molecule has 1 rings (SSSR count). The normalized spacial score (nSPS) is 15.7. The van der Waals surface area contributed by atoms with Crippen LogP contribution in [0.2, 0.25) is 0 Å². The third-order valence-corrected chi connectivity index (χ3v) is 3.88. The largest absolute Gasteiger partial charge is 0.330 e. The van der Waals surface area contributed by atoms with Crippen LogP contribution in [0.25, 0.3) is 0 Å². The van der Waals surface area contributed by atoms with E-state index in [0.717, 1.165) is 10.2 Å². The van der Waals surface area contributed by atoms with Crippen LogP contribution in [0.5, 0.6) is 0 Å². The minimum atomic E-state index is 0.125. The molecule has 2 unspecified atom stereocenters.